The van der Waals surface area contributed by atoms with Crippen molar-refractivity contribution in [2.24, 2.45) is 0 Å². The van der Waals surface area contributed by atoms with E-state index in [-0.39, 0.29) is 0 Å². The minimum Gasteiger partial charge on any atom is -0.399 e. The molecule has 0 aliphatic rings. The SMILES string of the molecule is CCCc1nn(CCOC)c2ccc(N)cc12. The quantitative estimate of drug-likeness (QED) is 0.806. The van der Waals surface area contributed by atoms with Crippen molar-refractivity contribution in [2.45, 2.75) is 26.3 Å². The number of benzene rings is 1. The molecule has 1 aromatic heterocycles. The first-order valence-corrected chi connectivity index (χ1v) is 6.00. The Morgan fingerprint density at radius 3 is 2.94 bits per heavy atom. The number of hydrogen-bond acceptors (Lipinski definition) is 3. The molecule has 2 N–H and O–H groups in total. The van der Waals surface area contributed by atoms with Gasteiger partial charge in [0.1, 0.15) is 0 Å². The highest BCUT2D eigenvalue weighted by atomic mass is 16.5. The molecule has 0 spiro atoms. The molecule has 0 bridgehead atoms. The number of nitrogen functional groups attached to an aromatic ring is 1. The second-order valence-corrected chi connectivity index (χ2v) is 4.19. The molecule has 4 heteroatoms. The second kappa shape index (κ2) is 5.19. The third kappa shape index (κ3) is 2.42. The van der Waals surface area contributed by atoms with Gasteiger partial charge >= 0.3 is 0 Å². The monoisotopic (exact) mass is 233 g/mol. The fourth-order valence-corrected chi connectivity index (χ4v) is 2.03. The molecule has 0 aliphatic carbocycles. The van der Waals surface area contributed by atoms with Crippen LogP contribution in [0.1, 0.15) is 19.0 Å². The molecular formula is C13H19N3O. The van der Waals surface area contributed by atoms with E-state index in [0.717, 1.165) is 36.3 Å². The number of rotatable bonds is 5. The smallest absolute Gasteiger partial charge is 0.0704 e. The summed E-state index contributed by atoms with van der Waals surface area (Å²) in [5, 5.41) is 5.81. The van der Waals surface area contributed by atoms with Crippen LogP contribution in [0.3, 0.4) is 0 Å². The number of anilines is 1. The highest BCUT2D eigenvalue weighted by Crippen LogP contribution is 2.22. The molecule has 0 amide bonds. The lowest BCUT2D eigenvalue weighted by molar-refractivity contribution is 0.184. The van der Waals surface area contributed by atoms with Crippen LogP contribution in [0.15, 0.2) is 18.2 Å². The first kappa shape index (κ1) is 11.9. The molecule has 0 fully saturated rings. The van der Waals surface area contributed by atoms with Crippen LogP contribution < -0.4 is 5.73 Å². The van der Waals surface area contributed by atoms with Crippen LogP contribution in [0, 0.1) is 0 Å². The van der Waals surface area contributed by atoms with E-state index in [1.807, 2.05) is 22.9 Å². The van der Waals surface area contributed by atoms with Crippen LogP contribution in [-0.2, 0) is 17.7 Å². The van der Waals surface area contributed by atoms with Gasteiger partial charge in [0.2, 0.25) is 0 Å². The lowest BCUT2D eigenvalue weighted by Crippen LogP contribution is -2.06. The summed E-state index contributed by atoms with van der Waals surface area (Å²) in [7, 11) is 1.70. The Morgan fingerprint density at radius 1 is 1.41 bits per heavy atom. The Bertz CT molecular complexity index is 505. The second-order valence-electron chi connectivity index (χ2n) is 4.19. The van der Waals surface area contributed by atoms with Crippen LogP contribution in [0.2, 0.25) is 0 Å². The molecule has 0 unspecified atom stereocenters. The average molecular weight is 233 g/mol. The number of hydrogen-bond donors (Lipinski definition) is 1. The van der Waals surface area contributed by atoms with E-state index < -0.39 is 0 Å². The van der Waals surface area contributed by atoms with Crippen LogP contribution in [0.25, 0.3) is 10.9 Å². The van der Waals surface area contributed by atoms with E-state index in [1.165, 1.54) is 5.39 Å². The van der Waals surface area contributed by atoms with E-state index in [1.54, 1.807) is 7.11 Å². The number of aromatic nitrogens is 2. The normalized spacial score (nSPS) is 11.2. The van der Waals surface area contributed by atoms with Crippen molar-refractivity contribution >= 4 is 16.6 Å². The van der Waals surface area contributed by atoms with Gasteiger partial charge in [-0.3, -0.25) is 4.68 Å². The van der Waals surface area contributed by atoms with E-state index in [2.05, 4.69) is 12.0 Å². The van der Waals surface area contributed by atoms with Gasteiger partial charge in [-0.15, -0.1) is 0 Å². The summed E-state index contributed by atoms with van der Waals surface area (Å²) in [6.07, 6.45) is 2.07. The molecule has 2 rings (SSSR count). The van der Waals surface area contributed by atoms with Crippen molar-refractivity contribution in [3.05, 3.63) is 23.9 Å². The number of ether oxygens (including phenoxy) is 1. The Labute approximate surface area is 101 Å². The lowest BCUT2D eigenvalue weighted by Gasteiger charge is -2.02. The van der Waals surface area contributed by atoms with Gasteiger partial charge in [-0.05, 0) is 24.6 Å². The third-order valence-electron chi connectivity index (χ3n) is 2.85. The summed E-state index contributed by atoms with van der Waals surface area (Å²) in [4.78, 5) is 0. The van der Waals surface area contributed by atoms with Gasteiger partial charge in [-0.2, -0.15) is 5.10 Å². The van der Waals surface area contributed by atoms with Gasteiger partial charge in [0, 0.05) is 18.2 Å². The van der Waals surface area contributed by atoms with E-state index in [9.17, 15) is 0 Å². The van der Waals surface area contributed by atoms with E-state index in [4.69, 9.17) is 10.5 Å². The minimum atomic E-state index is 0.673. The molecule has 0 atom stereocenters. The summed E-state index contributed by atoms with van der Waals surface area (Å²) < 4.78 is 7.11. The first-order chi connectivity index (χ1) is 8.26. The zero-order valence-corrected chi connectivity index (χ0v) is 10.4. The topological polar surface area (TPSA) is 53.1 Å². The highest BCUT2D eigenvalue weighted by Gasteiger charge is 2.09. The molecular weight excluding hydrogens is 214 g/mol. The molecule has 0 saturated heterocycles. The minimum absolute atomic E-state index is 0.673. The molecule has 92 valence electrons. The van der Waals surface area contributed by atoms with Crippen LogP contribution in [0.4, 0.5) is 5.69 Å². The maximum atomic E-state index is 5.84. The Kier molecular flexibility index (Phi) is 3.64. The van der Waals surface area contributed by atoms with E-state index >= 15 is 0 Å². The van der Waals surface area contributed by atoms with Gasteiger partial charge in [0.05, 0.1) is 24.4 Å². The predicted octanol–water partition coefficient (Wildman–Crippen LogP) is 2.22. The van der Waals surface area contributed by atoms with Crippen LogP contribution in [0.5, 0.6) is 0 Å². The Balaban J connectivity index is 2.46. The predicted molar refractivity (Wildman–Crippen MR) is 70.0 cm³/mol. The third-order valence-corrected chi connectivity index (χ3v) is 2.85. The largest absolute Gasteiger partial charge is 0.399 e. The van der Waals surface area contributed by atoms with Crippen molar-refractivity contribution in [3.8, 4) is 0 Å². The number of methoxy groups -OCH3 is 1. The molecule has 0 saturated carbocycles. The lowest BCUT2D eigenvalue weighted by atomic mass is 10.1. The molecule has 4 nitrogen and oxygen atoms in total. The van der Waals surface area contributed by atoms with Crippen molar-refractivity contribution in [3.63, 3.8) is 0 Å². The van der Waals surface area contributed by atoms with Crippen molar-refractivity contribution in [1.29, 1.82) is 0 Å². The van der Waals surface area contributed by atoms with Crippen molar-refractivity contribution < 1.29 is 4.74 Å². The summed E-state index contributed by atoms with van der Waals surface area (Å²) in [6, 6.07) is 5.96. The van der Waals surface area contributed by atoms with Gasteiger partial charge in [0.15, 0.2) is 0 Å². The summed E-state index contributed by atoms with van der Waals surface area (Å²) in [6.45, 7) is 3.61. The summed E-state index contributed by atoms with van der Waals surface area (Å²) in [5.41, 5.74) is 8.90. The highest BCUT2D eigenvalue weighted by molar-refractivity contribution is 5.85. The molecule has 1 heterocycles. The number of fused-ring (bicyclic) bond motifs is 1. The molecule has 2 aromatic rings. The Morgan fingerprint density at radius 2 is 2.24 bits per heavy atom. The average Bonchev–Trinajstić information content (AvgIpc) is 2.65. The molecule has 1 aromatic carbocycles. The standard InChI is InChI=1S/C13H19N3O/c1-3-4-12-11-9-10(14)5-6-13(11)16(15-12)7-8-17-2/h5-6,9H,3-4,7-8,14H2,1-2H3. The fraction of sp³-hybridized carbons (Fsp3) is 0.462. The summed E-state index contributed by atoms with van der Waals surface area (Å²) in [5.74, 6) is 0. The fourth-order valence-electron chi connectivity index (χ4n) is 2.03. The first-order valence-electron chi connectivity index (χ1n) is 6.00. The van der Waals surface area contributed by atoms with Crippen LogP contribution >= 0.6 is 0 Å². The van der Waals surface area contributed by atoms with Gasteiger partial charge in [-0.25, -0.2) is 0 Å². The maximum Gasteiger partial charge on any atom is 0.0704 e. The van der Waals surface area contributed by atoms with Crippen molar-refractivity contribution in [1.82, 2.24) is 9.78 Å². The molecule has 17 heavy (non-hydrogen) atoms. The van der Waals surface area contributed by atoms with E-state index in [0.29, 0.717) is 6.61 Å². The zero-order valence-electron chi connectivity index (χ0n) is 10.4. The summed E-state index contributed by atoms with van der Waals surface area (Å²) >= 11 is 0. The van der Waals surface area contributed by atoms with Gasteiger partial charge in [-0.1, -0.05) is 13.3 Å². The maximum absolute atomic E-state index is 5.84. The molecule has 0 radical (unpaired) electrons. The van der Waals surface area contributed by atoms with Gasteiger partial charge in [0.25, 0.3) is 0 Å². The number of nitrogens with zero attached hydrogens (tertiary/aromatic N) is 2. The van der Waals surface area contributed by atoms with Gasteiger partial charge < -0.3 is 10.5 Å². The Hall–Kier alpha value is -1.55. The molecule has 0 aliphatic heterocycles. The number of nitrogens with two attached hydrogens (primary N) is 1. The number of aryl methyl sites for hydroxylation is 1. The van der Waals surface area contributed by atoms with Crippen molar-refractivity contribution in [2.75, 3.05) is 19.5 Å². The zero-order chi connectivity index (χ0) is 12.3. The van der Waals surface area contributed by atoms with Crippen LogP contribution in [-0.4, -0.2) is 23.5 Å².